The predicted octanol–water partition coefficient (Wildman–Crippen LogP) is 4.57. The summed E-state index contributed by atoms with van der Waals surface area (Å²) in [5.41, 5.74) is 2.57. The summed E-state index contributed by atoms with van der Waals surface area (Å²) in [7, 11) is 1.95. The fourth-order valence-corrected chi connectivity index (χ4v) is 5.95. The number of carbonyl (C=O) groups is 1. The monoisotopic (exact) mass is 489 g/mol. The first-order valence-corrected chi connectivity index (χ1v) is 13.2. The fraction of sp³-hybridized carbons (Fsp3) is 0.269. The van der Waals surface area contributed by atoms with Gasteiger partial charge in [-0.1, -0.05) is 78.5 Å². The van der Waals surface area contributed by atoms with Crippen molar-refractivity contribution in [2.45, 2.75) is 11.2 Å². The van der Waals surface area contributed by atoms with E-state index in [-0.39, 0.29) is 11.9 Å². The highest BCUT2D eigenvalue weighted by atomic mass is 32.2. The van der Waals surface area contributed by atoms with Gasteiger partial charge in [0, 0.05) is 33.2 Å². The first-order chi connectivity index (χ1) is 16.7. The van der Waals surface area contributed by atoms with Gasteiger partial charge in [-0.25, -0.2) is 0 Å². The molecule has 34 heavy (non-hydrogen) atoms. The van der Waals surface area contributed by atoms with Crippen molar-refractivity contribution in [3.8, 4) is 10.7 Å². The third kappa shape index (κ3) is 4.94. The van der Waals surface area contributed by atoms with E-state index in [1.54, 1.807) is 11.3 Å². The van der Waals surface area contributed by atoms with Gasteiger partial charge in [0.15, 0.2) is 11.0 Å². The number of piperazine rings is 1. The standard InChI is InChI=1S/C26H27N5OS2/c1-29-25(22-13-8-18-33-22)27-28-26(29)34-19-23(32)30-14-16-31(17-15-30)24(20-9-4-2-5-10-20)21-11-6-3-7-12-21/h2-13,18,24H,14-17,19H2,1H3. The second kappa shape index (κ2) is 10.5. The van der Waals surface area contributed by atoms with Gasteiger partial charge in [-0.2, -0.15) is 0 Å². The van der Waals surface area contributed by atoms with E-state index in [1.165, 1.54) is 22.9 Å². The van der Waals surface area contributed by atoms with E-state index in [1.807, 2.05) is 34.0 Å². The van der Waals surface area contributed by atoms with Crippen LogP contribution in [0.1, 0.15) is 17.2 Å². The molecule has 0 saturated carbocycles. The van der Waals surface area contributed by atoms with Crippen LogP contribution >= 0.6 is 23.1 Å². The molecule has 1 amide bonds. The van der Waals surface area contributed by atoms with Crippen LogP contribution in [0.15, 0.2) is 83.3 Å². The quantitative estimate of drug-likeness (QED) is 0.356. The van der Waals surface area contributed by atoms with Crippen LogP contribution in [0.4, 0.5) is 0 Å². The summed E-state index contributed by atoms with van der Waals surface area (Å²) in [5, 5.41) is 11.4. The minimum atomic E-state index is 0.154. The molecule has 1 aliphatic rings. The molecule has 0 bridgehead atoms. The summed E-state index contributed by atoms with van der Waals surface area (Å²) in [6, 6.07) is 25.5. The lowest BCUT2D eigenvalue weighted by molar-refractivity contribution is -0.130. The van der Waals surface area contributed by atoms with Gasteiger partial charge in [-0.05, 0) is 22.6 Å². The maximum Gasteiger partial charge on any atom is 0.233 e. The first-order valence-electron chi connectivity index (χ1n) is 11.4. The van der Waals surface area contributed by atoms with Gasteiger partial charge in [0.05, 0.1) is 16.7 Å². The van der Waals surface area contributed by atoms with Crippen molar-refractivity contribution in [3.05, 3.63) is 89.3 Å². The molecule has 0 aliphatic carbocycles. The van der Waals surface area contributed by atoms with E-state index in [0.717, 1.165) is 42.0 Å². The maximum absolute atomic E-state index is 13.0. The lowest BCUT2D eigenvalue weighted by atomic mass is 9.96. The molecular formula is C26H27N5OS2. The summed E-state index contributed by atoms with van der Waals surface area (Å²) >= 11 is 3.09. The third-order valence-electron chi connectivity index (χ3n) is 6.16. The third-order valence-corrected chi connectivity index (χ3v) is 8.03. The molecule has 8 heteroatoms. The minimum absolute atomic E-state index is 0.154. The number of benzene rings is 2. The number of aromatic nitrogens is 3. The zero-order valence-corrected chi connectivity index (χ0v) is 20.7. The Balaban J connectivity index is 1.20. The van der Waals surface area contributed by atoms with E-state index < -0.39 is 0 Å². The molecule has 0 spiro atoms. The SMILES string of the molecule is Cn1c(SCC(=O)N2CCN(C(c3ccccc3)c3ccccc3)CC2)nnc1-c1cccs1. The lowest BCUT2D eigenvalue weighted by Gasteiger charge is -2.39. The van der Waals surface area contributed by atoms with Gasteiger partial charge in [0.25, 0.3) is 0 Å². The Bertz CT molecular complexity index is 1160. The number of hydrogen-bond acceptors (Lipinski definition) is 6. The van der Waals surface area contributed by atoms with Crippen LogP contribution in [0.3, 0.4) is 0 Å². The molecule has 174 valence electrons. The van der Waals surface area contributed by atoms with Crippen molar-refractivity contribution < 1.29 is 4.79 Å². The fourth-order valence-electron chi connectivity index (χ4n) is 4.39. The number of nitrogens with zero attached hydrogens (tertiary/aromatic N) is 5. The minimum Gasteiger partial charge on any atom is -0.339 e. The largest absolute Gasteiger partial charge is 0.339 e. The van der Waals surface area contributed by atoms with Gasteiger partial charge in [-0.15, -0.1) is 21.5 Å². The second-order valence-electron chi connectivity index (χ2n) is 8.27. The number of hydrogen-bond donors (Lipinski definition) is 0. The van der Waals surface area contributed by atoms with Crippen LogP contribution in [-0.2, 0) is 11.8 Å². The molecule has 0 atom stereocenters. The van der Waals surface area contributed by atoms with E-state index in [9.17, 15) is 4.79 Å². The van der Waals surface area contributed by atoms with Gasteiger partial charge in [0.1, 0.15) is 0 Å². The maximum atomic E-state index is 13.0. The molecule has 6 nitrogen and oxygen atoms in total. The molecule has 5 rings (SSSR count). The summed E-state index contributed by atoms with van der Waals surface area (Å²) in [6.07, 6.45) is 0. The second-order valence-corrected chi connectivity index (χ2v) is 10.2. The average Bonchev–Trinajstić information content (AvgIpc) is 3.54. The van der Waals surface area contributed by atoms with Crippen molar-refractivity contribution in [2.24, 2.45) is 7.05 Å². The molecule has 0 unspecified atom stereocenters. The zero-order valence-electron chi connectivity index (χ0n) is 19.1. The average molecular weight is 490 g/mol. The molecule has 1 fully saturated rings. The van der Waals surface area contributed by atoms with Crippen LogP contribution in [-0.4, -0.2) is 62.4 Å². The Morgan fingerprint density at radius 2 is 1.56 bits per heavy atom. The Morgan fingerprint density at radius 1 is 0.912 bits per heavy atom. The van der Waals surface area contributed by atoms with Crippen molar-refractivity contribution >= 4 is 29.0 Å². The van der Waals surface area contributed by atoms with Crippen molar-refractivity contribution in [3.63, 3.8) is 0 Å². The highest BCUT2D eigenvalue weighted by Gasteiger charge is 2.28. The number of carbonyl (C=O) groups excluding carboxylic acids is 1. The Hall–Kier alpha value is -2.94. The molecule has 0 N–H and O–H groups in total. The highest BCUT2D eigenvalue weighted by Crippen LogP contribution is 2.30. The lowest BCUT2D eigenvalue weighted by Crippen LogP contribution is -2.50. The first kappa shape index (κ1) is 22.8. The molecule has 1 saturated heterocycles. The summed E-state index contributed by atoms with van der Waals surface area (Å²) < 4.78 is 1.96. The van der Waals surface area contributed by atoms with Crippen LogP contribution in [0.25, 0.3) is 10.7 Å². The molecule has 2 aromatic heterocycles. The van der Waals surface area contributed by atoms with Crippen LogP contribution in [0.5, 0.6) is 0 Å². The van der Waals surface area contributed by atoms with Crippen molar-refractivity contribution in [1.29, 1.82) is 0 Å². The van der Waals surface area contributed by atoms with E-state index in [4.69, 9.17) is 0 Å². The number of thioether (sulfide) groups is 1. The van der Waals surface area contributed by atoms with E-state index in [0.29, 0.717) is 5.75 Å². The summed E-state index contributed by atoms with van der Waals surface area (Å²) in [6.45, 7) is 3.15. The van der Waals surface area contributed by atoms with Crippen molar-refractivity contribution in [1.82, 2.24) is 24.6 Å². The number of thiophene rings is 1. The summed E-state index contributed by atoms with van der Waals surface area (Å²) in [5.74, 6) is 1.37. The Kier molecular flexibility index (Phi) is 7.08. The van der Waals surface area contributed by atoms with E-state index in [2.05, 4.69) is 75.8 Å². The van der Waals surface area contributed by atoms with Gasteiger partial charge >= 0.3 is 0 Å². The van der Waals surface area contributed by atoms with Gasteiger partial charge < -0.3 is 9.47 Å². The normalized spacial score (nSPS) is 14.6. The smallest absolute Gasteiger partial charge is 0.233 e. The molecule has 3 heterocycles. The molecule has 2 aromatic carbocycles. The van der Waals surface area contributed by atoms with Crippen LogP contribution in [0, 0.1) is 0 Å². The van der Waals surface area contributed by atoms with Crippen LogP contribution < -0.4 is 0 Å². The van der Waals surface area contributed by atoms with Gasteiger partial charge in [-0.3, -0.25) is 9.69 Å². The summed E-state index contributed by atoms with van der Waals surface area (Å²) in [4.78, 5) is 18.5. The van der Waals surface area contributed by atoms with Crippen LogP contribution in [0.2, 0.25) is 0 Å². The van der Waals surface area contributed by atoms with Crippen molar-refractivity contribution in [2.75, 3.05) is 31.9 Å². The van der Waals surface area contributed by atoms with E-state index >= 15 is 0 Å². The predicted molar refractivity (Wildman–Crippen MR) is 138 cm³/mol. The Morgan fingerprint density at radius 3 is 2.15 bits per heavy atom. The van der Waals surface area contributed by atoms with Gasteiger partial charge in [0.2, 0.25) is 5.91 Å². The number of amides is 1. The molecular weight excluding hydrogens is 462 g/mol. The molecule has 1 aliphatic heterocycles. The number of rotatable bonds is 7. The Labute approximate surface area is 208 Å². The topological polar surface area (TPSA) is 54.3 Å². The highest BCUT2D eigenvalue weighted by molar-refractivity contribution is 7.99. The zero-order chi connectivity index (χ0) is 23.3. The molecule has 4 aromatic rings. The molecule has 0 radical (unpaired) electrons.